The number of aromatic amines is 1. The van der Waals surface area contributed by atoms with E-state index in [1.165, 1.54) is 0 Å². The van der Waals surface area contributed by atoms with Gasteiger partial charge in [-0.2, -0.15) is 10.2 Å². The molecular weight excluding hydrogens is 328 g/mol. The lowest BCUT2D eigenvalue weighted by Gasteiger charge is -2.16. The Bertz CT molecular complexity index is 1040. The van der Waals surface area contributed by atoms with E-state index in [0.717, 1.165) is 39.4 Å². The van der Waals surface area contributed by atoms with Crippen LogP contribution in [0.5, 0.6) is 0 Å². The number of aryl methyl sites for hydroxylation is 3. The third-order valence-electron chi connectivity index (χ3n) is 4.50. The van der Waals surface area contributed by atoms with Gasteiger partial charge in [0.2, 0.25) is 0 Å². The highest BCUT2D eigenvalue weighted by molar-refractivity contribution is 5.88. The first-order chi connectivity index (χ1) is 12.5. The van der Waals surface area contributed by atoms with E-state index >= 15 is 0 Å². The molecule has 0 fully saturated rings. The zero-order chi connectivity index (χ0) is 18.3. The summed E-state index contributed by atoms with van der Waals surface area (Å²) in [5, 5.41) is 16.1. The number of hydrogen-bond acceptors (Lipinski definition) is 6. The number of hydrogen-bond donors (Lipinski definition) is 2. The molecule has 4 rings (SSSR count). The van der Waals surface area contributed by atoms with Gasteiger partial charge < -0.3 is 5.32 Å². The van der Waals surface area contributed by atoms with E-state index in [0.29, 0.717) is 5.82 Å². The highest BCUT2D eigenvalue weighted by Crippen LogP contribution is 2.29. The second-order valence-corrected chi connectivity index (χ2v) is 6.35. The fraction of sp³-hybridized carbons (Fsp3) is 0.278. The molecule has 0 aliphatic rings. The molecule has 0 amide bonds. The number of nitrogens with zero attached hydrogens (tertiary/aromatic N) is 6. The predicted octanol–water partition coefficient (Wildman–Crippen LogP) is 2.94. The minimum atomic E-state index is 0.0392. The van der Waals surface area contributed by atoms with E-state index in [4.69, 9.17) is 4.98 Å². The van der Waals surface area contributed by atoms with Crippen molar-refractivity contribution in [2.75, 3.05) is 5.32 Å². The third-order valence-corrected chi connectivity index (χ3v) is 4.50. The molecule has 0 bridgehead atoms. The molecule has 132 valence electrons. The summed E-state index contributed by atoms with van der Waals surface area (Å²) in [5.41, 5.74) is 4.87. The lowest BCUT2D eigenvalue weighted by molar-refractivity contribution is 0.785. The minimum Gasteiger partial charge on any atom is -0.363 e. The Hall–Kier alpha value is -3.29. The van der Waals surface area contributed by atoms with Crippen molar-refractivity contribution >= 4 is 16.9 Å². The zero-order valence-electron chi connectivity index (χ0n) is 15.1. The molecule has 0 radical (unpaired) electrons. The SMILES string of the molecule is Cc1n[nH]c(C)c1C(C)Nc1nc(-c2ccncc2)nc2c1cnn2C. The van der Waals surface area contributed by atoms with Gasteiger partial charge in [0.25, 0.3) is 0 Å². The van der Waals surface area contributed by atoms with Gasteiger partial charge in [0.15, 0.2) is 11.5 Å². The lowest BCUT2D eigenvalue weighted by Crippen LogP contribution is -2.11. The molecule has 4 aromatic rings. The van der Waals surface area contributed by atoms with Crippen molar-refractivity contribution in [1.29, 1.82) is 0 Å². The van der Waals surface area contributed by atoms with Crippen molar-refractivity contribution in [3.05, 3.63) is 47.7 Å². The molecule has 1 unspecified atom stereocenters. The summed E-state index contributed by atoms with van der Waals surface area (Å²) in [4.78, 5) is 13.5. The maximum atomic E-state index is 4.76. The Balaban J connectivity index is 1.81. The van der Waals surface area contributed by atoms with Gasteiger partial charge in [-0.3, -0.25) is 14.8 Å². The average Bonchev–Trinajstić information content (AvgIpc) is 3.18. The molecule has 8 nitrogen and oxygen atoms in total. The molecule has 2 N–H and O–H groups in total. The standard InChI is InChI=1S/C18H20N8/c1-10(15-11(2)24-25-12(15)3)21-17-14-9-20-26(4)18(14)23-16(22-17)13-5-7-19-8-6-13/h5-10H,1-4H3,(H,24,25)(H,21,22,23). The van der Waals surface area contributed by atoms with Crippen molar-refractivity contribution in [3.63, 3.8) is 0 Å². The maximum Gasteiger partial charge on any atom is 0.164 e. The average molecular weight is 348 g/mol. The summed E-state index contributed by atoms with van der Waals surface area (Å²) in [5.74, 6) is 1.39. The molecular formula is C18H20N8. The molecule has 0 spiro atoms. The van der Waals surface area contributed by atoms with E-state index in [1.807, 2.05) is 33.0 Å². The molecule has 0 aromatic carbocycles. The van der Waals surface area contributed by atoms with Gasteiger partial charge in [0, 0.05) is 36.3 Å². The Kier molecular flexibility index (Phi) is 3.87. The second kappa shape index (κ2) is 6.21. The molecule has 0 aliphatic heterocycles. The normalized spacial score (nSPS) is 12.5. The zero-order valence-corrected chi connectivity index (χ0v) is 15.1. The van der Waals surface area contributed by atoms with Crippen LogP contribution >= 0.6 is 0 Å². The summed E-state index contributed by atoms with van der Waals surface area (Å²) in [6.07, 6.45) is 5.26. The molecule has 4 heterocycles. The van der Waals surface area contributed by atoms with Gasteiger partial charge in [-0.25, -0.2) is 9.97 Å². The van der Waals surface area contributed by atoms with Gasteiger partial charge in [0.05, 0.1) is 23.3 Å². The quantitative estimate of drug-likeness (QED) is 0.588. The van der Waals surface area contributed by atoms with Crippen molar-refractivity contribution < 1.29 is 0 Å². The van der Waals surface area contributed by atoms with Gasteiger partial charge in [-0.05, 0) is 32.9 Å². The van der Waals surface area contributed by atoms with E-state index in [-0.39, 0.29) is 6.04 Å². The lowest BCUT2D eigenvalue weighted by atomic mass is 10.1. The monoisotopic (exact) mass is 348 g/mol. The highest BCUT2D eigenvalue weighted by atomic mass is 15.3. The van der Waals surface area contributed by atoms with Crippen LogP contribution in [0.4, 0.5) is 5.82 Å². The van der Waals surface area contributed by atoms with Crippen LogP contribution in [0.15, 0.2) is 30.7 Å². The topological polar surface area (TPSA) is 97.2 Å². The summed E-state index contributed by atoms with van der Waals surface area (Å²) in [6.45, 7) is 6.12. The predicted molar refractivity (Wildman–Crippen MR) is 99.6 cm³/mol. The summed E-state index contributed by atoms with van der Waals surface area (Å²) < 4.78 is 1.76. The first-order valence-electron chi connectivity index (χ1n) is 8.42. The van der Waals surface area contributed by atoms with Crippen molar-refractivity contribution in [2.24, 2.45) is 7.05 Å². The van der Waals surface area contributed by atoms with Crippen LogP contribution in [0.25, 0.3) is 22.4 Å². The highest BCUT2D eigenvalue weighted by Gasteiger charge is 2.18. The molecule has 0 aliphatic carbocycles. The van der Waals surface area contributed by atoms with Gasteiger partial charge >= 0.3 is 0 Å². The van der Waals surface area contributed by atoms with E-state index in [1.54, 1.807) is 23.3 Å². The van der Waals surface area contributed by atoms with Crippen molar-refractivity contribution in [1.82, 2.24) is 34.9 Å². The molecule has 1 atom stereocenters. The smallest absolute Gasteiger partial charge is 0.164 e. The molecule has 26 heavy (non-hydrogen) atoms. The first-order valence-corrected chi connectivity index (χ1v) is 8.42. The van der Waals surface area contributed by atoms with Gasteiger partial charge in [-0.1, -0.05) is 0 Å². The molecule has 0 saturated carbocycles. The fourth-order valence-corrected chi connectivity index (χ4v) is 3.24. The van der Waals surface area contributed by atoms with Crippen molar-refractivity contribution in [2.45, 2.75) is 26.8 Å². The number of anilines is 1. The van der Waals surface area contributed by atoms with E-state index < -0.39 is 0 Å². The Morgan fingerprint density at radius 2 is 1.92 bits per heavy atom. The van der Waals surface area contributed by atoms with Crippen LogP contribution < -0.4 is 5.32 Å². The molecule has 4 aromatic heterocycles. The number of aromatic nitrogens is 7. The van der Waals surface area contributed by atoms with Gasteiger partial charge in [0.1, 0.15) is 5.82 Å². The first kappa shape index (κ1) is 16.2. The van der Waals surface area contributed by atoms with Crippen LogP contribution in [0, 0.1) is 13.8 Å². The third kappa shape index (κ3) is 2.69. The molecule has 0 saturated heterocycles. The number of rotatable bonds is 4. The maximum absolute atomic E-state index is 4.76. The van der Waals surface area contributed by atoms with E-state index in [9.17, 15) is 0 Å². The van der Waals surface area contributed by atoms with Crippen LogP contribution in [-0.4, -0.2) is 34.9 Å². The van der Waals surface area contributed by atoms with Crippen LogP contribution in [-0.2, 0) is 7.05 Å². The Labute approximate surface area is 150 Å². The van der Waals surface area contributed by atoms with E-state index in [2.05, 4.69) is 37.5 Å². The summed E-state index contributed by atoms with van der Waals surface area (Å²) >= 11 is 0. The number of nitrogens with one attached hydrogen (secondary N) is 2. The van der Waals surface area contributed by atoms with Crippen LogP contribution in [0.1, 0.15) is 29.9 Å². The number of H-pyrrole nitrogens is 1. The van der Waals surface area contributed by atoms with Crippen LogP contribution in [0.3, 0.4) is 0 Å². The fourth-order valence-electron chi connectivity index (χ4n) is 3.24. The van der Waals surface area contributed by atoms with Crippen LogP contribution in [0.2, 0.25) is 0 Å². The largest absolute Gasteiger partial charge is 0.363 e. The van der Waals surface area contributed by atoms with Crippen molar-refractivity contribution in [3.8, 4) is 11.4 Å². The number of pyridine rings is 1. The Morgan fingerprint density at radius 3 is 2.62 bits per heavy atom. The summed E-state index contributed by atoms with van der Waals surface area (Å²) in [6, 6.07) is 3.84. The Morgan fingerprint density at radius 1 is 1.15 bits per heavy atom. The summed E-state index contributed by atoms with van der Waals surface area (Å²) in [7, 11) is 1.88. The molecule has 8 heteroatoms. The minimum absolute atomic E-state index is 0.0392. The van der Waals surface area contributed by atoms with Gasteiger partial charge in [-0.15, -0.1) is 0 Å². The number of fused-ring (bicyclic) bond motifs is 1. The second-order valence-electron chi connectivity index (χ2n) is 6.35.